The van der Waals surface area contributed by atoms with Crippen LogP contribution < -0.4 is 5.32 Å². The molecule has 0 unspecified atom stereocenters. The summed E-state index contributed by atoms with van der Waals surface area (Å²) in [7, 11) is 0. The van der Waals surface area contributed by atoms with Gasteiger partial charge in [-0.3, -0.25) is 4.79 Å². The Kier molecular flexibility index (Phi) is 5.27. The Balaban J connectivity index is 1.95. The lowest BCUT2D eigenvalue weighted by Crippen LogP contribution is -2.33. The zero-order valence-corrected chi connectivity index (χ0v) is 12.9. The number of hydrogen-bond acceptors (Lipinski definition) is 2. The molecule has 1 fully saturated rings. The molecule has 1 amide bonds. The van der Waals surface area contributed by atoms with Crippen molar-refractivity contribution < 1.29 is 18.0 Å². The van der Waals surface area contributed by atoms with Crippen molar-refractivity contribution in [1.82, 2.24) is 10.2 Å². The normalized spacial score (nSPS) is 16.2. The van der Waals surface area contributed by atoms with Crippen LogP contribution >= 0.6 is 15.9 Å². The molecule has 1 aliphatic rings. The van der Waals surface area contributed by atoms with Gasteiger partial charge < -0.3 is 10.2 Å². The molecular weight excluding hydrogens is 349 g/mol. The minimum Gasteiger partial charge on any atom is -0.351 e. The molecule has 1 N–H and O–H groups in total. The number of benzene rings is 1. The molecule has 0 saturated carbocycles. The molecule has 1 aromatic rings. The van der Waals surface area contributed by atoms with Gasteiger partial charge in [0.05, 0.1) is 5.56 Å². The van der Waals surface area contributed by atoms with E-state index in [2.05, 4.69) is 26.1 Å². The highest BCUT2D eigenvalue weighted by Crippen LogP contribution is 2.35. The average molecular weight is 365 g/mol. The van der Waals surface area contributed by atoms with Crippen LogP contribution in [-0.4, -0.2) is 37.0 Å². The summed E-state index contributed by atoms with van der Waals surface area (Å²) in [5.41, 5.74) is -0.818. The van der Waals surface area contributed by atoms with E-state index in [-0.39, 0.29) is 10.0 Å². The maximum atomic E-state index is 12.8. The molecule has 0 radical (unpaired) electrons. The third-order valence-corrected chi connectivity index (χ3v) is 4.14. The van der Waals surface area contributed by atoms with E-state index in [1.165, 1.54) is 12.1 Å². The zero-order chi connectivity index (χ0) is 15.5. The smallest absolute Gasteiger partial charge is 0.351 e. The van der Waals surface area contributed by atoms with E-state index in [1.54, 1.807) is 0 Å². The molecule has 1 aromatic carbocycles. The molecule has 1 heterocycles. The molecular formula is C14H16BrF3N2O. The van der Waals surface area contributed by atoms with E-state index in [0.717, 1.165) is 38.5 Å². The molecule has 0 spiro atoms. The Labute approximate surface area is 129 Å². The Morgan fingerprint density at radius 2 is 1.95 bits per heavy atom. The molecule has 116 valence electrons. The standard InChI is InChI=1S/C14H16BrF3N2O/c15-12-4-3-10(9-11(12)14(16,17)18)13(21)19-5-8-20-6-1-2-7-20/h3-4,9H,1-2,5-8H2,(H,19,21). The van der Waals surface area contributed by atoms with E-state index in [9.17, 15) is 18.0 Å². The number of alkyl halides is 3. The van der Waals surface area contributed by atoms with E-state index < -0.39 is 17.6 Å². The Hall–Kier alpha value is -1.08. The summed E-state index contributed by atoms with van der Waals surface area (Å²) in [6.45, 7) is 3.21. The van der Waals surface area contributed by atoms with Crippen LogP contribution in [0.4, 0.5) is 13.2 Å². The summed E-state index contributed by atoms with van der Waals surface area (Å²) < 4.78 is 38.3. The van der Waals surface area contributed by atoms with Gasteiger partial charge in [-0.05, 0) is 44.1 Å². The fourth-order valence-electron chi connectivity index (χ4n) is 2.32. The summed E-state index contributed by atoms with van der Waals surface area (Å²) in [5.74, 6) is -0.479. The van der Waals surface area contributed by atoms with Crippen LogP contribution in [0, 0.1) is 0 Å². The van der Waals surface area contributed by atoms with Crippen molar-refractivity contribution in [3.05, 3.63) is 33.8 Å². The van der Waals surface area contributed by atoms with Gasteiger partial charge in [0.1, 0.15) is 0 Å². The van der Waals surface area contributed by atoms with Crippen molar-refractivity contribution >= 4 is 21.8 Å². The predicted molar refractivity (Wildman–Crippen MR) is 77.2 cm³/mol. The first-order valence-corrected chi connectivity index (χ1v) is 7.54. The second kappa shape index (κ2) is 6.79. The number of nitrogens with one attached hydrogen (secondary N) is 1. The van der Waals surface area contributed by atoms with Gasteiger partial charge in [0.15, 0.2) is 0 Å². The van der Waals surface area contributed by atoms with Crippen LogP contribution in [0.2, 0.25) is 0 Å². The second-order valence-electron chi connectivity index (χ2n) is 5.00. The minimum atomic E-state index is -4.48. The predicted octanol–water partition coefficient (Wildman–Crippen LogP) is 3.29. The molecule has 1 saturated heterocycles. The fraction of sp³-hybridized carbons (Fsp3) is 0.500. The summed E-state index contributed by atoms with van der Waals surface area (Å²) in [5, 5.41) is 2.66. The first kappa shape index (κ1) is 16.3. The first-order chi connectivity index (χ1) is 9.88. The summed E-state index contributed by atoms with van der Waals surface area (Å²) >= 11 is 2.85. The number of amides is 1. The van der Waals surface area contributed by atoms with Crippen LogP contribution in [0.15, 0.2) is 22.7 Å². The molecule has 21 heavy (non-hydrogen) atoms. The van der Waals surface area contributed by atoms with E-state index in [0.29, 0.717) is 6.54 Å². The maximum Gasteiger partial charge on any atom is 0.417 e. The molecule has 3 nitrogen and oxygen atoms in total. The molecule has 1 aliphatic heterocycles. The molecule has 0 aliphatic carbocycles. The average Bonchev–Trinajstić information content (AvgIpc) is 2.91. The van der Waals surface area contributed by atoms with Gasteiger partial charge in [-0.2, -0.15) is 13.2 Å². The van der Waals surface area contributed by atoms with E-state index in [4.69, 9.17) is 0 Å². The largest absolute Gasteiger partial charge is 0.417 e. The third-order valence-electron chi connectivity index (χ3n) is 3.45. The molecule has 7 heteroatoms. The highest BCUT2D eigenvalue weighted by Gasteiger charge is 2.33. The van der Waals surface area contributed by atoms with Crippen LogP contribution in [0.25, 0.3) is 0 Å². The van der Waals surface area contributed by atoms with Crippen LogP contribution in [-0.2, 0) is 6.18 Å². The van der Waals surface area contributed by atoms with E-state index >= 15 is 0 Å². The SMILES string of the molecule is O=C(NCCN1CCCC1)c1ccc(Br)c(C(F)(F)F)c1. The number of carbonyl (C=O) groups excluding carboxylic acids is 1. The highest BCUT2D eigenvalue weighted by molar-refractivity contribution is 9.10. The Bertz CT molecular complexity index is 513. The number of likely N-dealkylation sites (tertiary alicyclic amines) is 1. The van der Waals surface area contributed by atoms with Gasteiger partial charge in [-0.15, -0.1) is 0 Å². The molecule has 2 rings (SSSR count). The highest BCUT2D eigenvalue weighted by atomic mass is 79.9. The van der Waals surface area contributed by atoms with Crippen molar-refractivity contribution in [1.29, 1.82) is 0 Å². The lowest BCUT2D eigenvalue weighted by molar-refractivity contribution is -0.138. The molecule has 0 atom stereocenters. The van der Waals surface area contributed by atoms with Crippen molar-refractivity contribution in [2.45, 2.75) is 19.0 Å². The van der Waals surface area contributed by atoms with Gasteiger partial charge >= 0.3 is 6.18 Å². The van der Waals surface area contributed by atoms with Gasteiger partial charge in [0.2, 0.25) is 0 Å². The Morgan fingerprint density at radius 3 is 2.57 bits per heavy atom. The Morgan fingerprint density at radius 1 is 1.29 bits per heavy atom. The topological polar surface area (TPSA) is 32.3 Å². The number of halogens is 4. The van der Waals surface area contributed by atoms with Gasteiger partial charge in [-0.25, -0.2) is 0 Å². The summed E-state index contributed by atoms with van der Waals surface area (Å²) in [4.78, 5) is 14.1. The number of nitrogens with zero attached hydrogens (tertiary/aromatic N) is 1. The lowest BCUT2D eigenvalue weighted by Gasteiger charge is -2.15. The zero-order valence-electron chi connectivity index (χ0n) is 11.3. The van der Waals surface area contributed by atoms with Gasteiger partial charge in [0, 0.05) is 23.1 Å². The van der Waals surface area contributed by atoms with Crippen LogP contribution in [0.5, 0.6) is 0 Å². The summed E-state index contributed by atoms with van der Waals surface area (Å²) in [6.07, 6.45) is -2.16. The number of hydrogen-bond donors (Lipinski definition) is 1. The quantitative estimate of drug-likeness (QED) is 0.888. The van der Waals surface area contributed by atoms with Gasteiger partial charge in [0.25, 0.3) is 5.91 Å². The minimum absolute atomic E-state index is 0.0203. The van der Waals surface area contributed by atoms with Crippen molar-refractivity contribution in [2.75, 3.05) is 26.2 Å². The summed E-state index contributed by atoms with van der Waals surface area (Å²) in [6, 6.07) is 3.50. The van der Waals surface area contributed by atoms with E-state index in [1.807, 2.05) is 0 Å². The van der Waals surface area contributed by atoms with Crippen molar-refractivity contribution in [3.8, 4) is 0 Å². The maximum absolute atomic E-state index is 12.8. The molecule has 0 bridgehead atoms. The van der Waals surface area contributed by atoms with Crippen LogP contribution in [0.1, 0.15) is 28.8 Å². The van der Waals surface area contributed by atoms with Gasteiger partial charge in [-0.1, -0.05) is 15.9 Å². The number of carbonyl (C=O) groups is 1. The van der Waals surface area contributed by atoms with Crippen molar-refractivity contribution in [3.63, 3.8) is 0 Å². The second-order valence-corrected chi connectivity index (χ2v) is 5.85. The lowest BCUT2D eigenvalue weighted by atomic mass is 10.1. The van der Waals surface area contributed by atoms with Crippen molar-refractivity contribution in [2.24, 2.45) is 0 Å². The first-order valence-electron chi connectivity index (χ1n) is 6.75. The third kappa shape index (κ3) is 4.44. The van der Waals surface area contributed by atoms with Crippen LogP contribution in [0.3, 0.4) is 0 Å². The fourth-order valence-corrected chi connectivity index (χ4v) is 2.79. The number of rotatable bonds is 4. The monoisotopic (exact) mass is 364 g/mol. The molecule has 0 aromatic heterocycles.